The lowest BCUT2D eigenvalue weighted by molar-refractivity contribution is -0.142. The van der Waals surface area contributed by atoms with Gasteiger partial charge in [0.05, 0.1) is 51.3 Å². The summed E-state index contributed by atoms with van der Waals surface area (Å²) in [5, 5.41) is 23.8. The number of aliphatic hydroxyl groups is 1. The number of piperazine rings is 1. The van der Waals surface area contributed by atoms with E-state index in [1.807, 2.05) is 50.4 Å². The lowest BCUT2D eigenvalue weighted by atomic mass is 9.91. The van der Waals surface area contributed by atoms with Gasteiger partial charge >= 0.3 is 0 Å². The van der Waals surface area contributed by atoms with Crippen LogP contribution in [0, 0.1) is 25.7 Å². The van der Waals surface area contributed by atoms with Crippen molar-refractivity contribution in [2.24, 2.45) is 17.6 Å². The fourth-order valence-electron chi connectivity index (χ4n) is 10.4. The van der Waals surface area contributed by atoms with Crippen molar-refractivity contribution in [3.8, 4) is 10.4 Å². The van der Waals surface area contributed by atoms with Gasteiger partial charge in [-0.3, -0.25) is 19.3 Å². The molecule has 9 rings (SSSR count). The van der Waals surface area contributed by atoms with Crippen LogP contribution in [-0.2, 0) is 14.4 Å². The third-order valence-electron chi connectivity index (χ3n) is 14.8. The van der Waals surface area contributed by atoms with E-state index in [2.05, 4.69) is 71.5 Å². The Morgan fingerprint density at radius 2 is 1.68 bits per heavy atom. The highest BCUT2D eigenvalue weighted by molar-refractivity contribution is 7.99. The fourth-order valence-corrected chi connectivity index (χ4v) is 12.3. The first-order chi connectivity index (χ1) is 34.6. The number of likely N-dealkylation sites (tertiary alicyclic amines) is 1. The molecule has 0 radical (unpaired) electrons. The minimum absolute atomic E-state index is 0.0599. The first-order valence-electron chi connectivity index (χ1n) is 25.2. The van der Waals surface area contributed by atoms with E-state index in [1.165, 1.54) is 16.7 Å². The number of aliphatic hydroxyl groups excluding tert-OH is 1. The number of nitrogens with zero attached hydrogens (tertiary/aromatic N) is 12. The van der Waals surface area contributed by atoms with Crippen LogP contribution in [0.1, 0.15) is 88.3 Å². The van der Waals surface area contributed by atoms with Crippen LogP contribution in [0.25, 0.3) is 10.4 Å². The molecule has 72 heavy (non-hydrogen) atoms. The van der Waals surface area contributed by atoms with Crippen LogP contribution in [0.15, 0.2) is 70.6 Å². The van der Waals surface area contributed by atoms with Crippen LogP contribution in [0.3, 0.4) is 0 Å². The van der Waals surface area contributed by atoms with E-state index >= 15 is 0 Å². The molecule has 0 spiro atoms. The molecule has 4 fully saturated rings. The number of hydrogen-bond acceptors (Lipinski definition) is 16. The average Bonchev–Trinajstić information content (AvgIpc) is 4.13. The summed E-state index contributed by atoms with van der Waals surface area (Å²) in [7, 11) is 0. The Hall–Kier alpha value is -5.25. The van der Waals surface area contributed by atoms with Crippen molar-refractivity contribution in [1.82, 2.24) is 54.9 Å². The van der Waals surface area contributed by atoms with Crippen LogP contribution in [-0.4, -0.2) is 156 Å². The topological polar surface area (TPSA) is 208 Å². The molecular weight excluding hydrogens is 972 g/mol. The van der Waals surface area contributed by atoms with Gasteiger partial charge in [-0.25, -0.2) is 24.6 Å². The van der Waals surface area contributed by atoms with Gasteiger partial charge < -0.3 is 35.8 Å². The molecule has 3 amide bonds. The standard InChI is InChI=1S/C51H67ClN14O4S2/c1-32(2)45(66-29-33(3)59-60-66)50(70)65-30-38(67)26-40(65)48(68)58-39(35-6-8-36(9-7-35)46-34(4)57-31-71-46)13-17-61-22-24-64(25-23-61)49(69)37-11-18-63(19-12-37)47-44(52)41(10-16-54-47)72-43-28-55-42(27-56-43)62-20-14-51(5,53)15-21-62/h6-10,16,27-29,31-32,37-40,45,67H,11-15,17-26,30,53H2,1-5H3,(H,58,68)/t38-,39+,40+,45+/m1/s1. The zero-order chi connectivity index (χ0) is 50.7. The van der Waals surface area contributed by atoms with Gasteiger partial charge in [0.15, 0.2) is 0 Å². The molecule has 0 saturated carbocycles. The predicted molar refractivity (Wildman–Crippen MR) is 280 cm³/mol. The van der Waals surface area contributed by atoms with E-state index in [-0.39, 0.29) is 54.1 Å². The SMILES string of the molecule is Cc1cn([C@H](C(=O)N2C[C@H](O)C[C@H]2C(=O)N[C@@H](CCN2CCN(C(=O)C3CCN(c4nccc(Sc5cnc(N6CCC(C)(N)CC6)cn5)c4Cl)CC3)CC2)c2ccc(-c3scnc3C)cc2)C(C)C)nn1. The summed E-state index contributed by atoms with van der Waals surface area (Å²) < 4.78 is 1.56. The Bertz CT molecular complexity index is 2660. The maximum atomic E-state index is 14.4. The summed E-state index contributed by atoms with van der Waals surface area (Å²) in [5.41, 5.74) is 11.7. The van der Waals surface area contributed by atoms with Gasteiger partial charge in [-0.2, -0.15) is 0 Å². The molecule has 384 valence electrons. The summed E-state index contributed by atoms with van der Waals surface area (Å²) >= 11 is 10.1. The number of aryl methyl sites for hydroxylation is 2. The Balaban J connectivity index is 0.788. The van der Waals surface area contributed by atoms with E-state index < -0.39 is 18.2 Å². The number of piperidine rings is 2. The maximum Gasteiger partial charge on any atom is 0.248 e. The second-order valence-corrected chi connectivity index (χ2v) is 22.8. The molecule has 5 aromatic rings. The zero-order valence-corrected chi connectivity index (χ0v) is 44.3. The number of halogens is 1. The van der Waals surface area contributed by atoms with E-state index in [1.54, 1.807) is 34.6 Å². The molecule has 4 aliphatic heterocycles. The zero-order valence-electron chi connectivity index (χ0n) is 41.9. The molecule has 1 aromatic carbocycles. The number of pyridine rings is 1. The van der Waals surface area contributed by atoms with Gasteiger partial charge in [-0.15, -0.1) is 16.4 Å². The van der Waals surface area contributed by atoms with Gasteiger partial charge in [0.1, 0.15) is 28.7 Å². The van der Waals surface area contributed by atoms with Crippen LogP contribution >= 0.6 is 34.7 Å². The highest BCUT2D eigenvalue weighted by Gasteiger charge is 2.43. The average molecular weight is 1040 g/mol. The summed E-state index contributed by atoms with van der Waals surface area (Å²) in [4.78, 5) is 73.3. The normalized spacial score (nSPS) is 20.8. The minimum Gasteiger partial charge on any atom is -0.391 e. The summed E-state index contributed by atoms with van der Waals surface area (Å²) in [6, 6.07) is 8.25. The number of benzene rings is 1. The first kappa shape index (κ1) is 51.6. The van der Waals surface area contributed by atoms with Gasteiger partial charge in [0.2, 0.25) is 17.7 Å². The van der Waals surface area contributed by atoms with Gasteiger partial charge in [-0.1, -0.05) is 66.7 Å². The Morgan fingerprint density at radius 3 is 2.32 bits per heavy atom. The second-order valence-electron chi connectivity index (χ2n) is 20.5. The number of thiazole rings is 1. The molecule has 4 atom stereocenters. The first-order valence-corrected chi connectivity index (χ1v) is 27.3. The summed E-state index contributed by atoms with van der Waals surface area (Å²) in [6.45, 7) is 16.3. The molecule has 4 aromatic heterocycles. The van der Waals surface area contributed by atoms with E-state index in [0.717, 1.165) is 63.4 Å². The summed E-state index contributed by atoms with van der Waals surface area (Å²) in [5.74, 6) is 0.980. The largest absolute Gasteiger partial charge is 0.391 e. The molecule has 0 aliphatic carbocycles. The third kappa shape index (κ3) is 11.9. The van der Waals surface area contributed by atoms with E-state index in [0.29, 0.717) is 81.6 Å². The number of rotatable bonds is 15. The molecule has 21 heteroatoms. The number of hydrogen-bond donors (Lipinski definition) is 3. The summed E-state index contributed by atoms with van der Waals surface area (Å²) in [6.07, 6.45) is 10.3. The lowest BCUT2D eigenvalue weighted by Gasteiger charge is -2.39. The number of nitrogens with two attached hydrogens (primary N) is 1. The van der Waals surface area contributed by atoms with Crippen molar-refractivity contribution in [2.45, 2.75) is 113 Å². The maximum absolute atomic E-state index is 14.4. The highest BCUT2D eigenvalue weighted by atomic mass is 35.5. The smallest absolute Gasteiger partial charge is 0.248 e. The molecule has 0 unspecified atom stereocenters. The second kappa shape index (κ2) is 22.5. The van der Waals surface area contributed by atoms with Crippen molar-refractivity contribution < 1.29 is 19.5 Å². The molecule has 4 aliphatic rings. The van der Waals surface area contributed by atoms with Crippen molar-refractivity contribution in [3.05, 3.63) is 82.6 Å². The van der Waals surface area contributed by atoms with Crippen LogP contribution in [0.4, 0.5) is 11.6 Å². The minimum atomic E-state index is -0.849. The molecule has 18 nitrogen and oxygen atoms in total. The van der Waals surface area contributed by atoms with Crippen LogP contribution in [0.2, 0.25) is 5.02 Å². The van der Waals surface area contributed by atoms with E-state index in [9.17, 15) is 19.5 Å². The third-order valence-corrected chi connectivity index (χ3v) is 17.2. The Morgan fingerprint density at radius 1 is 0.944 bits per heavy atom. The number of carbonyl (C=O) groups excluding carboxylic acids is 3. The fraction of sp³-hybridized carbons (Fsp3) is 0.549. The van der Waals surface area contributed by atoms with Crippen molar-refractivity contribution in [1.29, 1.82) is 0 Å². The highest BCUT2D eigenvalue weighted by Crippen LogP contribution is 2.39. The van der Waals surface area contributed by atoms with E-state index in [4.69, 9.17) is 27.3 Å². The van der Waals surface area contributed by atoms with Gasteiger partial charge in [-0.05, 0) is 76.0 Å². The quantitative estimate of drug-likeness (QED) is 0.113. The number of amides is 3. The number of carbonyl (C=O) groups is 3. The van der Waals surface area contributed by atoms with Crippen LogP contribution < -0.4 is 20.9 Å². The van der Waals surface area contributed by atoms with Crippen molar-refractivity contribution in [2.75, 3.05) is 75.2 Å². The number of anilines is 2. The van der Waals surface area contributed by atoms with Gasteiger partial charge in [0, 0.05) is 101 Å². The predicted octanol–water partition coefficient (Wildman–Crippen LogP) is 5.79. The molecular formula is C51H67ClN14O4S2. The molecule has 4 saturated heterocycles. The van der Waals surface area contributed by atoms with Crippen molar-refractivity contribution >= 4 is 64.1 Å². The Labute approximate surface area is 435 Å². The lowest BCUT2D eigenvalue weighted by Crippen LogP contribution is -2.52. The molecule has 4 N–H and O–H groups in total. The number of aromatic nitrogens is 7. The van der Waals surface area contributed by atoms with Crippen LogP contribution in [0.5, 0.6) is 0 Å². The van der Waals surface area contributed by atoms with Gasteiger partial charge in [0.25, 0.3) is 0 Å². The van der Waals surface area contributed by atoms with Crippen molar-refractivity contribution in [3.63, 3.8) is 0 Å². The number of β-amino-alcohol motifs (C(OH)–C–C–N with tert-alkyl or cyclic N) is 1. The number of nitrogens with one attached hydrogen (secondary N) is 1. The molecule has 8 heterocycles. The monoisotopic (exact) mass is 1040 g/mol. The Kier molecular flexibility index (Phi) is 16.1. The molecule has 0 bridgehead atoms.